The molecule has 0 bridgehead atoms. The molecule has 0 aromatic heterocycles. The summed E-state index contributed by atoms with van der Waals surface area (Å²) in [7, 11) is -3.72. The lowest BCUT2D eigenvalue weighted by atomic mass is 10.1. The van der Waals surface area contributed by atoms with Crippen LogP contribution in [-0.2, 0) is 19.7 Å². The predicted octanol–water partition coefficient (Wildman–Crippen LogP) is 0.329. The maximum atomic E-state index is 12.2. The largest absolute Gasteiger partial charge is 0.480 e. The quantitative estimate of drug-likeness (QED) is 0.737. The molecule has 2 rings (SSSR count). The Bertz CT molecular complexity index is 433. The number of nitrogens with zero attached hydrogens (tertiary/aromatic N) is 1. The van der Waals surface area contributed by atoms with E-state index < -0.39 is 22.2 Å². The first kappa shape index (κ1) is 15.7. The molecule has 8 heteroatoms. The van der Waals surface area contributed by atoms with Crippen LogP contribution in [0.5, 0.6) is 0 Å². The van der Waals surface area contributed by atoms with E-state index >= 15 is 0 Å². The van der Waals surface area contributed by atoms with Gasteiger partial charge >= 0.3 is 5.97 Å². The van der Waals surface area contributed by atoms with E-state index in [-0.39, 0.29) is 19.2 Å². The van der Waals surface area contributed by atoms with Gasteiger partial charge in [0.2, 0.25) is 0 Å². The molecule has 2 heterocycles. The molecule has 2 fully saturated rings. The minimum Gasteiger partial charge on any atom is -0.480 e. The number of hydrogen-bond donors (Lipinski definition) is 2. The van der Waals surface area contributed by atoms with Crippen molar-refractivity contribution in [3.63, 3.8) is 0 Å². The number of piperidine rings is 1. The van der Waals surface area contributed by atoms with Gasteiger partial charge in [0.15, 0.2) is 0 Å². The van der Waals surface area contributed by atoms with Gasteiger partial charge in [0.1, 0.15) is 6.04 Å². The SMILES string of the molecule is O=C(O)C1CCCCN1S(=O)(=O)NCCC1CCCO1. The van der Waals surface area contributed by atoms with Gasteiger partial charge in [-0.05, 0) is 38.5 Å². The fourth-order valence-corrected chi connectivity index (χ4v) is 4.19. The number of rotatable bonds is 6. The van der Waals surface area contributed by atoms with Crippen molar-refractivity contribution in [3.05, 3.63) is 0 Å². The van der Waals surface area contributed by atoms with Crippen molar-refractivity contribution < 1.29 is 23.1 Å². The van der Waals surface area contributed by atoms with Crippen molar-refractivity contribution in [1.82, 2.24) is 9.03 Å². The number of hydrogen-bond acceptors (Lipinski definition) is 4. The Morgan fingerprint density at radius 2 is 2.10 bits per heavy atom. The zero-order chi connectivity index (χ0) is 14.6. The second-order valence-corrected chi connectivity index (χ2v) is 6.99. The molecule has 0 spiro atoms. The van der Waals surface area contributed by atoms with Crippen LogP contribution in [0.15, 0.2) is 0 Å². The minimum absolute atomic E-state index is 0.120. The molecular formula is C12H22N2O5S. The highest BCUT2D eigenvalue weighted by Gasteiger charge is 2.36. The van der Waals surface area contributed by atoms with Crippen LogP contribution in [0.2, 0.25) is 0 Å². The first-order valence-electron chi connectivity index (χ1n) is 7.11. The Hall–Kier alpha value is -0.700. The van der Waals surface area contributed by atoms with Crippen molar-refractivity contribution in [2.24, 2.45) is 0 Å². The number of carboxylic acid groups (broad SMARTS) is 1. The first-order valence-corrected chi connectivity index (χ1v) is 8.55. The van der Waals surface area contributed by atoms with E-state index in [9.17, 15) is 13.2 Å². The second kappa shape index (κ2) is 6.84. The fraction of sp³-hybridized carbons (Fsp3) is 0.917. The van der Waals surface area contributed by atoms with Crippen LogP contribution in [-0.4, -0.2) is 55.6 Å². The summed E-state index contributed by atoms with van der Waals surface area (Å²) >= 11 is 0. The number of carbonyl (C=O) groups is 1. The monoisotopic (exact) mass is 306 g/mol. The Balaban J connectivity index is 1.88. The normalized spacial score (nSPS) is 28.6. The standard InChI is InChI=1S/C12H22N2O5S/c15-12(16)11-5-1-2-8-14(11)20(17,18)13-7-6-10-4-3-9-19-10/h10-11,13H,1-9H2,(H,15,16). The number of carboxylic acids is 1. The van der Waals surface area contributed by atoms with Gasteiger partial charge in [-0.2, -0.15) is 12.7 Å². The van der Waals surface area contributed by atoms with Gasteiger partial charge in [-0.25, -0.2) is 4.72 Å². The zero-order valence-electron chi connectivity index (χ0n) is 11.5. The summed E-state index contributed by atoms with van der Waals surface area (Å²) in [6.45, 7) is 1.30. The molecule has 0 aliphatic carbocycles. The van der Waals surface area contributed by atoms with Gasteiger partial charge in [-0.3, -0.25) is 4.79 Å². The molecule has 2 unspecified atom stereocenters. The van der Waals surface area contributed by atoms with Crippen molar-refractivity contribution in [2.45, 2.75) is 50.7 Å². The fourth-order valence-electron chi connectivity index (χ4n) is 2.74. The highest BCUT2D eigenvalue weighted by atomic mass is 32.2. The molecule has 20 heavy (non-hydrogen) atoms. The highest BCUT2D eigenvalue weighted by Crippen LogP contribution is 2.20. The van der Waals surface area contributed by atoms with Gasteiger partial charge in [-0.15, -0.1) is 0 Å². The Labute approximate surface area is 119 Å². The molecule has 0 aromatic carbocycles. The third-order valence-electron chi connectivity index (χ3n) is 3.82. The van der Waals surface area contributed by atoms with Crippen LogP contribution in [0.25, 0.3) is 0 Å². The Morgan fingerprint density at radius 1 is 1.30 bits per heavy atom. The van der Waals surface area contributed by atoms with Gasteiger partial charge in [-0.1, -0.05) is 0 Å². The topological polar surface area (TPSA) is 95.9 Å². The lowest BCUT2D eigenvalue weighted by Crippen LogP contribution is -2.52. The lowest BCUT2D eigenvalue weighted by molar-refractivity contribution is -0.142. The minimum atomic E-state index is -3.72. The molecule has 7 nitrogen and oxygen atoms in total. The summed E-state index contributed by atoms with van der Waals surface area (Å²) in [5.74, 6) is -1.07. The van der Waals surface area contributed by atoms with E-state index in [2.05, 4.69) is 4.72 Å². The zero-order valence-corrected chi connectivity index (χ0v) is 12.3. The Morgan fingerprint density at radius 3 is 2.75 bits per heavy atom. The molecule has 2 aliphatic rings. The number of aliphatic carboxylic acids is 1. The number of ether oxygens (including phenoxy) is 1. The summed E-state index contributed by atoms with van der Waals surface area (Å²) in [6.07, 6.45) is 4.56. The second-order valence-electron chi connectivity index (χ2n) is 5.28. The van der Waals surface area contributed by atoms with E-state index in [1.165, 1.54) is 0 Å². The molecule has 2 aliphatic heterocycles. The predicted molar refractivity (Wildman–Crippen MR) is 72.5 cm³/mol. The molecule has 0 saturated carbocycles. The van der Waals surface area contributed by atoms with Gasteiger partial charge in [0.25, 0.3) is 10.2 Å². The maximum Gasteiger partial charge on any atom is 0.322 e. The van der Waals surface area contributed by atoms with Crippen LogP contribution in [0, 0.1) is 0 Å². The van der Waals surface area contributed by atoms with Gasteiger partial charge in [0.05, 0.1) is 6.10 Å². The van der Waals surface area contributed by atoms with Crippen LogP contribution < -0.4 is 4.72 Å². The summed E-state index contributed by atoms with van der Waals surface area (Å²) in [5, 5.41) is 9.12. The molecular weight excluding hydrogens is 284 g/mol. The molecule has 0 amide bonds. The summed E-state index contributed by atoms with van der Waals surface area (Å²) in [6, 6.07) is -0.941. The lowest BCUT2D eigenvalue weighted by Gasteiger charge is -2.31. The van der Waals surface area contributed by atoms with Crippen molar-refractivity contribution in [2.75, 3.05) is 19.7 Å². The average molecular weight is 306 g/mol. The van der Waals surface area contributed by atoms with E-state index in [1.54, 1.807) is 0 Å². The summed E-state index contributed by atoms with van der Waals surface area (Å²) in [5.41, 5.74) is 0. The molecule has 116 valence electrons. The molecule has 2 N–H and O–H groups in total. The molecule has 0 aromatic rings. The van der Waals surface area contributed by atoms with Crippen LogP contribution in [0.1, 0.15) is 38.5 Å². The summed E-state index contributed by atoms with van der Waals surface area (Å²) < 4.78 is 33.4. The number of nitrogens with one attached hydrogen (secondary N) is 1. The molecule has 2 saturated heterocycles. The smallest absolute Gasteiger partial charge is 0.322 e. The molecule has 2 atom stereocenters. The maximum absolute atomic E-state index is 12.2. The van der Waals surface area contributed by atoms with Crippen molar-refractivity contribution >= 4 is 16.2 Å². The van der Waals surface area contributed by atoms with Crippen LogP contribution in [0.3, 0.4) is 0 Å². The van der Waals surface area contributed by atoms with Gasteiger partial charge in [0, 0.05) is 19.7 Å². The van der Waals surface area contributed by atoms with Crippen LogP contribution in [0.4, 0.5) is 0 Å². The average Bonchev–Trinajstić information content (AvgIpc) is 2.91. The van der Waals surface area contributed by atoms with Crippen LogP contribution >= 0.6 is 0 Å². The highest BCUT2D eigenvalue weighted by molar-refractivity contribution is 7.87. The third kappa shape index (κ3) is 3.91. The van der Waals surface area contributed by atoms with E-state index in [1.807, 2.05) is 0 Å². The van der Waals surface area contributed by atoms with E-state index in [0.717, 1.165) is 30.2 Å². The van der Waals surface area contributed by atoms with Crippen molar-refractivity contribution in [1.29, 1.82) is 0 Å². The van der Waals surface area contributed by atoms with Crippen molar-refractivity contribution in [3.8, 4) is 0 Å². The van der Waals surface area contributed by atoms with E-state index in [0.29, 0.717) is 19.3 Å². The molecule has 0 radical (unpaired) electrons. The first-order chi connectivity index (χ1) is 9.50. The Kier molecular flexibility index (Phi) is 5.36. The third-order valence-corrected chi connectivity index (χ3v) is 5.45. The summed E-state index contributed by atoms with van der Waals surface area (Å²) in [4.78, 5) is 11.1. The van der Waals surface area contributed by atoms with E-state index in [4.69, 9.17) is 9.84 Å². The van der Waals surface area contributed by atoms with Gasteiger partial charge < -0.3 is 9.84 Å².